The van der Waals surface area contributed by atoms with Gasteiger partial charge in [0.25, 0.3) is 0 Å². The van der Waals surface area contributed by atoms with Gasteiger partial charge in [-0.3, -0.25) is 0 Å². The lowest BCUT2D eigenvalue weighted by Gasteiger charge is -2.36. The highest BCUT2D eigenvalue weighted by molar-refractivity contribution is 5.91. The molecule has 0 bridgehead atoms. The number of aromatic amines is 2. The maximum absolute atomic E-state index is 5.06. The van der Waals surface area contributed by atoms with E-state index in [-0.39, 0.29) is 12.1 Å². The van der Waals surface area contributed by atoms with Crippen molar-refractivity contribution >= 4 is 21.8 Å². The van der Waals surface area contributed by atoms with Crippen molar-refractivity contribution in [2.45, 2.75) is 105 Å². The zero-order valence-electron chi connectivity index (χ0n) is 35.7. The minimum atomic E-state index is 0.174. The van der Waals surface area contributed by atoms with Crippen LogP contribution in [0.25, 0.3) is 44.2 Å². The summed E-state index contributed by atoms with van der Waals surface area (Å²) in [7, 11) is 0. The van der Waals surface area contributed by atoms with Gasteiger partial charge < -0.3 is 30.4 Å². The van der Waals surface area contributed by atoms with Crippen LogP contribution in [0.4, 0.5) is 0 Å². The summed E-state index contributed by atoms with van der Waals surface area (Å²) in [5.74, 6) is 1.49. The molecule has 0 amide bonds. The monoisotopic (exact) mass is 769 g/mol. The molecule has 2 aliphatic rings. The Bertz CT molecular complexity index is 2080. The summed E-state index contributed by atoms with van der Waals surface area (Å²) in [5, 5.41) is 9.37. The lowest BCUT2D eigenvalue weighted by Crippen LogP contribution is -2.42. The molecule has 2 aromatic heterocycles. The third kappa shape index (κ3) is 11.0. The summed E-state index contributed by atoms with van der Waals surface area (Å²) in [4.78, 5) is 20.9. The molecule has 8 heteroatoms. The van der Waals surface area contributed by atoms with E-state index in [1.54, 1.807) is 6.33 Å². The number of aromatic nitrogens is 4. The van der Waals surface area contributed by atoms with Crippen LogP contribution >= 0.6 is 0 Å². The van der Waals surface area contributed by atoms with Gasteiger partial charge in [0.2, 0.25) is 0 Å². The topological polar surface area (TPSA) is 87.9 Å². The van der Waals surface area contributed by atoms with Crippen molar-refractivity contribution in [2.75, 3.05) is 26.2 Å². The largest absolute Gasteiger partial charge is 0.383 e. The van der Waals surface area contributed by atoms with Crippen LogP contribution in [0.2, 0.25) is 0 Å². The quantitative estimate of drug-likeness (QED) is 0.0848. The van der Waals surface area contributed by atoms with E-state index in [0.717, 1.165) is 90.4 Å². The molecular weight excluding hydrogens is 701 g/mol. The molecule has 2 aliphatic heterocycles. The average molecular weight is 769 g/mol. The van der Waals surface area contributed by atoms with Crippen molar-refractivity contribution in [1.82, 2.24) is 40.4 Å². The molecule has 0 saturated carbocycles. The Kier molecular flexibility index (Phi) is 15.6. The van der Waals surface area contributed by atoms with Gasteiger partial charge in [0.15, 0.2) is 0 Å². The van der Waals surface area contributed by atoms with Crippen molar-refractivity contribution < 1.29 is 0 Å². The van der Waals surface area contributed by atoms with E-state index in [9.17, 15) is 0 Å². The van der Waals surface area contributed by atoms with Gasteiger partial charge in [-0.15, -0.1) is 0 Å². The van der Waals surface area contributed by atoms with Crippen LogP contribution in [0.5, 0.6) is 0 Å². The molecule has 4 heterocycles. The second-order valence-corrected chi connectivity index (χ2v) is 15.7. The summed E-state index contributed by atoms with van der Waals surface area (Å²) in [5.41, 5.74) is 11.1. The minimum absolute atomic E-state index is 0.174. The Morgan fingerprint density at radius 3 is 2.12 bits per heavy atom. The Morgan fingerprint density at radius 2 is 1.47 bits per heavy atom. The van der Waals surface area contributed by atoms with Gasteiger partial charge >= 0.3 is 0 Å². The molecular formula is C49H68N8. The third-order valence-corrected chi connectivity index (χ3v) is 11.3. The van der Waals surface area contributed by atoms with Crippen LogP contribution < -0.4 is 10.6 Å². The average Bonchev–Trinajstić information content (AvgIpc) is 4.09. The number of hydrogen-bond donors (Lipinski definition) is 4. The molecule has 0 aliphatic carbocycles. The van der Waals surface area contributed by atoms with Crippen LogP contribution in [0.15, 0.2) is 116 Å². The molecule has 2 saturated heterocycles. The summed E-state index contributed by atoms with van der Waals surface area (Å²) >= 11 is 0. The maximum Gasteiger partial charge on any atom is 0.130 e. The molecule has 57 heavy (non-hydrogen) atoms. The number of nitrogens with zero attached hydrogens (tertiary/aromatic N) is 4. The predicted molar refractivity (Wildman–Crippen MR) is 244 cm³/mol. The molecule has 0 spiro atoms. The Balaban J connectivity index is 0.000000326. The second-order valence-electron chi connectivity index (χ2n) is 15.7. The van der Waals surface area contributed by atoms with Crippen molar-refractivity contribution in [3.63, 3.8) is 0 Å². The molecule has 2 fully saturated rings. The molecule has 5 aromatic rings. The molecule has 3 aromatic carbocycles. The molecule has 7 rings (SSSR count). The van der Waals surface area contributed by atoms with E-state index in [0.29, 0.717) is 5.92 Å². The van der Waals surface area contributed by atoms with Crippen LogP contribution in [0, 0.1) is 5.92 Å². The van der Waals surface area contributed by atoms with Gasteiger partial charge in [0.05, 0.1) is 47.9 Å². The van der Waals surface area contributed by atoms with Crippen molar-refractivity contribution in [2.24, 2.45) is 5.92 Å². The number of fused-ring (bicyclic) bond motifs is 2. The molecule has 8 nitrogen and oxygen atoms in total. The number of nitrogens with one attached hydrogen (secondary N) is 4. The number of imidazole rings is 2. The summed E-state index contributed by atoms with van der Waals surface area (Å²) in [6, 6.07) is 20.1. The molecule has 304 valence electrons. The normalized spacial score (nSPS) is 16.0. The van der Waals surface area contributed by atoms with Crippen LogP contribution in [-0.4, -0.2) is 62.0 Å². The van der Waals surface area contributed by atoms with E-state index < -0.39 is 0 Å². The lowest BCUT2D eigenvalue weighted by molar-refractivity contribution is 0.264. The SMILES string of the molecule is C=C(CC)NCC(=C)N1CCCC1.C=C(CC)N[C@H](C(=C)N1CCC[C@H]1c1nc2ccc(-c3ccc4cc(-c5cnc[nH]5)ccc4c3)cc2[nH]1)[C@@H](C)CC.CCC. The number of benzene rings is 3. The summed E-state index contributed by atoms with van der Waals surface area (Å²) in [6.45, 7) is 34.0. The zero-order valence-corrected chi connectivity index (χ0v) is 35.7. The van der Waals surface area contributed by atoms with Gasteiger partial charge in [-0.1, -0.05) is 111 Å². The predicted octanol–water partition coefficient (Wildman–Crippen LogP) is 11.9. The van der Waals surface area contributed by atoms with Crippen molar-refractivity contribution in [3.8, 4) is 22.4 Å². The van der Waals surface area contributed by atoms with Crippen molar-refractivity contribution in [1.29, 1.82) is 0 Å². The molecule has 4 N–H and O–H groups in total. The van der Waals surface area contributed by atoms with E-state index in [1.165, 1.54) is 59.9 Å². The number of allylic oxidation sites excluding steroid dienone is 2. The zero-order chi connectivity index (χ0) is 40.9. The van der Waals surface area contributed by atoms with E-state index in [4.69, 9.17) is 4.98 Å². The van der Waals surface area contributed by atoms with Gasteiger partial charge in [-0.2, -0.15) is 0 Å². The fourth-order valence-corrected chi connectivity index (χ4v) is 7.56. The number of likely N-dealkylation sites (tertiary alicyclic amines) is 2. The van der Waals surface area contributed by atoms with Crippen LogP contribution in [0.1, 0.15) is 105 Å². The molecule has 0 unspecified atom stereocenters. The number of rotatable bonds is 15. The smallest absolute Gasteiger partial charge is 0.130 e. The fourth-order valence-electron chi connectivity index (χ4n) is 7.56. The standard InChI is InChI=1S/C35H40N6.C11H20N2.C3H8/c1-6-22(3)34(38-23(4)7-2)24(5)41-16-8-9-33(41)35-39-30-15-14-28(19-31(30)40-35)26-10-11-27-18-29(13-12-25(27)17-26)32-20-36-21-37-32;1-4-10(2)12-9-11(3)13-7-5-6-8-13;1-3-2/h10-15,17-22,33-34,38H,4-9,16H2,1-3H3,(H,36,37)(H,39,40);12H,2-9H2,1H3;3H2,1-2H3/t22-,33-,34-;;/m0../s1. The third-order valence-electron chi connectivity index (χ3n) is 11.3. The number of hydrogen-bond acceptors (Lipinski definition) is 6. The summed E-state index contributed by atoms with van der Waals surface area (Å²) in [6.07, 6.45) is 12.6. The van der Waals surface area contributed by atoms with Crippen molar-refractivity contribution in [3.05, 3.63) is 122 Å². The first-order chi connectivity index (χ1) is 27.6. The highest BCUT2D eigenvalue weighted by atomic mass is 15.2. The highest BCUT2D eigenvalue weighted by Gasteiger charge is 2.33. The fraction of sp³-hybridized carbons (Fsp3) is 0.429. The van der Waals surface area contributed by atoms with Gasteiger partial charge in [-0.25, -0.2) is 9.97 Å². The maximum atomic E-state index is 5.06. The first-order valence-corrected chi connectivity index (χ1v) is 21.4. The van der Waals surface area contributed by atoms with Gasteiger partial charge in [0.1, 0.15) is 5.82 Å². The second kappa shape index (κ2) is 20.8. The van der Waals surface area contributed by atoms with Gasteiger partial charge in [0, 0.05) is 48.0 Å². The number of H-pyrrole nitrogens is 2. The first kappa shape index (κ1) is 42.9. The first-order valence-electron chi connectivity index (χ1n) is 21.4. The Hall–Kier alpha value is -5.24. The van der Waals surface area contributed by atoms with Crippen LogP contribution in [-0.2, 0) is 0 Å². The van der Waals surface area contributed by atoms with Crippen LogP contribution in [0.3, 0.4) is 0 Å². The molecule has 0 radical (unpaired) electrons. The van der Waals surface area contributed by atoms with E-state index in [2.05, 4.69) is 158 Å². The summed E-state index contributed by atoms with van der Waals surface area (Å²) < 4.78 is 0. The van der Waals surface area contributed by atoms with E-state index >= 15 is 0 Å². The van der Waals surface area contributed by atoms with Gasteiger partial charge in [-0.05, 0) is 90.6 Å². The minimum Gasteiger partial charge on any atom is -0.383 e. The molecule has 3 atom stereocenters. The van der Waals surface area contributed by atoms with E-state index in [1.807, 2.05) is 6.20 Å². The Morgan fingerprint density at radius 1 is 0.825 bits per heavy atom. The lowest BCUT2D eigenvalue weighted by atomic mass is 9.95. The highest BCUT2D eigenvalue weighted by Crippen LogP contribution is 2.37. The Labute approximate surface area is 342 Å².